The molecule has 1 saturated heterocycles. The fourth-order valence-electron chi connectivity index (χ4n) is 1.70. The maximum Gasteiger partial charge on any atom is 0.319 e. The highest BCUT2D eigenvalue weighted by atomic mass is 16.5. The van der Waals surface area contributed by atoms with Crippen molar-refractivity contribution in [2.24, 2.45) is 5.92 Å². The molecule has 2 aliphatic rings. The molecule has 1 unspecified atom stereocenters. The van der Waals surface area contributed by atoms with Crippen molar-refractivity contribution < 1.29 is 19.1 Å². The topological polar surface area (TPSA) is 52.6 Å². The Hall–Kier alpha value is -0.900. The summed E-state index contributed by atoms with van der Waals surface area (Å²) in [5.74, 6) is -1.24. The fourth-order valence-corrected chi connectivity index (χ4v) is 1.70. The molecule has 1 aliphatic heterocycles. The number of methoxy groups -OCH3 is 1. The first-order valence-electron chi connectivity index (χ1n) is 3.94. The lowest BCUT2D eigenvalue weighted by Gasteiger charge is -2.12. The average molecular weight is 170 g/mol. The summed E-state index contributed by atoms with van der Waals surface area (Å²) in [4.78, 5) is 22.4. The monoisotopic (exact) mass is 170 g/mol. The van der Waals surface area contributed by atoms with Crippen LogP contribution >= 0.6 is 0 Å². The standard InChI is InChI=1S/C8H10O4/c1-11-7(10)6-5(9)4-12-8(6)2-3-8/h6H,2-4H2,1H3. The highest BCUT2D eigenvalue weighted by molar-refractivity contribution is 6.03. The van der Waals surface area contributed by atoms with Crippen molar-refractivity contribution in [3.63, 3.8) is 0 Å². The van der Waals surface area contributed by atoms with Gasteiger partial charge in [0, 0.05) is 0 Å². The molecule has 0 radical (unpaired) electrons. The van der Waals surface area contributed by atoms with Gasteiger partial charge in [-0.05, 0) is 12.8 Å². The van der Waals surface area contributed by atoms with Crippen molar-refractivity contribution in [1.29, 1.82) is 0 Å². The van der Waals surface area contributed by atoms with Gasteiger partial charge in [-0.2, -0.15) is 0 Å². The number of ether oxygens (including phenoxy) is 2. The largest absolute Gasteiger partial charge is 0.468 e. The van der Waals surface area contributed by atoms with E-state index in [1.54, 1.807) is 0 Å². The maximum atomic E-state index is 11.2. The molecular formula is C8H10O4. The molecule has 0 amide bonds. The molecule has 4 heteroatoms. The van der Waals surface area contributed by atoms with E-state index < -0.39 is 17.5 Å². The average Bonchev–Trinajstić information content (AvgIpc) is 2.74. The number of carbonyl (C=O) groups is 2. The third-order valence-electron chi connectivity index (χ3n) is 2.53. The molecule has 0 bridgehead atoms. The molecule has 12 heavy (non-hydrogen) atoms. The summed E-state index contributed by atoms with van der Waals surface area (Å²) >= 11 is 0. The Morgan fingerprint density at radius 3 is 2.83 bits per heavy atom. The third-order valence-corrected chi connectivity index (χ3v) is 2.53. The quantitative estimate of drug-likeness (QED) is 0.407. The second kappa shape index (κ2) is 2.29. The van der Waals surface area contributed by atoms with E-state index in [2.05, 4.69) is 4.74 Å². The van der Waals surface area contributed by atoms with E-state index in [1.165, 1.54) is 7.11 Å². The molecule has 2 rings (SSSR count). The second-order valence-corrected chi connectivity index (χ2v) is 3.28. The third kappa shape index (κ3) is 0.876. The lowest BCUT2D eigenvalue weighted by atomic mass is 9.99. The normalized spacial score (nSPS) is 30.8. The summed E-state index contributed by atoms with van der Waals surface area (Å²) in [6.07, 6.45) is 1.61. The van der Waals surface area contributed by atoms with E-state index in [0.29, 0.717) is 0 Å². The van der Waals surface area contributed by atoms with Gasteiger partial charge in [0.05, 0.1) is 12.7 Å². The van der Waals surface area contributed by atoms with Gasteiger partial charge >= 0.3 is 5.97 Å². The van der Waals surface area contributed by atoms with Gasteiger partial charge < -0.3 is 9.47 Å². The predicted octanol–water partition coefficient (Wildman–Crippen LogP) is -0.0925. The number of ketones is 1. The van der Waals surface area contributed by atoms with Crippen LogP contribution in [0, 0.1) is 5.92 Å². The van der Waals surface area contributed by atoms with Gasteiger partial charge in [0.2, 0.25) is 0 Å². The minimum absolute atomic E-state index is 0.0692. The summed E-state index contributed by atoms with van der Waals surface area (Å²) in [5.41, 5.74) is -0.468. The zero-order valence-electron chi connectivity index (χ0n) is 6.83. The summed E-state index contributed by atoms with van der Waals surface area (Å²) in [5, 5.41) is 0. The van der Waals surface area contributed by atoms with Crippen LogP contribution in [0.4, 0.5) is 0 Å². The predicted molar refractivity (Wildman–Crippen MR) is 38.4 cm³/mol. The number of rotatable bonds is 1. The van der Waals surface area contributed by atoms with Crippen molar-refractivity contribution in [3.05, 3.63) is 0 Å². The number of hydrogen-bond donors (Lipinski definition) is 0. The number of carbonyl (C=O) groups excluding carboxylic acids is 2. The van der Waals surface area contributed by atoms with Crippen LogP contribution in [-0.4, -0.2) is 31.1 Å². The van der Waals surface area contributed by atoms with Crippen LogP contribution in [0.1, 0.15) is 12.8 Å². The van der Waals surface area contributed by atoms with Gasteiger partial charge in [0.1, 0.15) is 12.5 Å². The first-order valence-corrected chi connectivity index (χ1v) is 3.94. The molecule has 1 atom stereocenters. The van der Waals surface area contributed by atoms with Crippen molar-refractivity contribution in [3.8, 4) is 0 Å². The number of esters is 1. The molecule has 0 aromatic carbocycles. The van der Waals surface area contributed by atoms with Crippen LogP contribution in [0.3, 0.4) is 0 Å². The minimum atomic E-state index is -0.650. The molecule has 1 heterocycles. The van der Waals surface area contributed by atoms with E-state index in [9.17, 15) is 9.59 Å². The molecule has 1 aliphatic carbocycles. The van der Waals surface area contributed by atoms with Crippen molar-refractivity contribution in [1.82, 2.24) is 0 Å². The van der Waals surface area contributed by atoms with Crippen molar-refractivity contribution >= 4 is 11.8 Å². The Labute approximate surface area is 69.8 Å². The van der Waals surface area contributed by atoms with Gasteiger partial charge in [-0.3, -0.25) is 9.59 Å². The fraction of sp³-hybridized carbons (Fsp3) is 0.750. The van der Waals surface area contributed by atoms with Crippen LogP contribution in [0.15, 0.2) is 0 Å². The molecule has 0 aromatic heterocycles. The molecular weight excluding hydrogens is 160 g/mol. The van der Waals surface area contributed by atoms with Gasteiger partial charge in [-0.1, -0.05) is 0 Å². The summed E-state index contributed by atoms with van der Waals surface area (Å²) in [6, 6.07) is 0. The van der Waals surface area contributed by atoms with Crippen molar-refractivity contribution in [2.75, 3.05) is 13.7 Å². The SMILES string of the molecule is COC(=O)C1C(=O)COC12CC2. The number of hydrogen-bond acceptors (Lipinski definition) is 4. The molecule has 66 valence electrons. The van der Waals surface area contributed by atoms with Crippen LogP contribution in [0.2, 0.25) is 0 Å². The van der Waals surface area contributed by atoms with Crippen LogP contribution in [0.5, 0.6) is 0 Å². The van der Waals surface area contributed by atoms with Crippen LogP contribution in [0.25, 0.3) is 0 Å². The Morgan fingerprint density at radius 1 is 1.67 bits per heavy atom. The lowest BCUT2D eigenvalue weighted by Crippen LogP contribution is -2.31. The molecule has 1 spiro atoms. The summed E-state index contributed by atoms with van der Waals surface area (Å²) in [7, 11) is 1.30. The van der Waals surface area contributed by atoms with Gasteiger partial charge in [0.15, 0.2) is 5.78 Å². The Morgan fingerprint density at radius 2 is 2.33 bits per heavy atom. The smallest absolute Gasteiger partial charge is 0.319 e. The molecule has 2 fully saturated rings. The van der Waals surface area contributed by atoms with Crippen LogP contribution in [-0.2, 0) is 19.1 Å². The highest BCUT2D eigenvalue weighted by Crippen LogP contribution is 2.50. The summed E-state index contributed by atoms with van der Waals surface area (Å²) in [6.45, 7) is 0.0692. The zero-order valence-corrected chi connectivity index (χ0v) is 6.83. The van der Waals surface area contributed by atoms with Gasteiger partial charge in [0.25, 0.3) is 0 Å². The first kappa shape index (κ1) is 7.73. The lowest BCUT2D eigenvalue weighted by molar-refractivity contribution is -0.150. The Balaban J connectivity index is 2.20. The molecule has 4 nitrogen and oxygen atoms in total. The van der Waals surface area contributed by atoms with Gasteiger partial charge in [-0.25, -0.2) is 0 Å². The van der Waals surface area contributed by atoms with E-state index in [4.69, 9.17) is 4.74 Å². The maximum absolute atomic E-state index is 11.2. The Kier molecular flexibility index (Phi) is 1.48. The van der Waals surface area contributed by atoms with E-state index in [-0.39, 0.29) is 12.4 Å². The Bertz CT molecular complexity index is 241. The molecule has 0 N–H and O–H groups in total. The summed E-state index contributed by atoms with van der Waals surface area (Å²) < 4.78 is 9.79. The van der Waals surface area contributed by atoms with Gasteiger partial charge in [-0.15, -0.1) is 0 Å². The molecule has 1 saturated carbocycles. The highest BCUT2D eigenvalue weighted by Gasteiger charge is 2.61. The molecule has 0 aromatic rings. The second-order valence-electron chi connectivity index (χ2n) is 3.28. The minimum Gasteiger partial charge on any atom is -0.468 e. The van der Waals surface area contributed by atoms with E-state index >= 15 is 0 Å². The van der Waals surface area contributed by atoms with Crippen LogP contribution < -0.4 is 0 Å². The van der Waals surface area contributed by atoms with E-state index in [0.717, 1.165) is 12.8 Å². The van der Waals surface area contributed by atoms with Crippen molar-refractivity contribution in [2.45, 2.75) is 18.4 Å². The zero-order chi connectivity index (χ0) is 8.77. The van der Waals surface area contributed by atoms with E-state index in [1.807, 2.05) is 0 Å². The first-order chi connectivity index (χ1) is 5.69. The number of Topliss-reactive ketones (excluding diaryl/α,β-unsaturated/α-hetero) is 1.